The highest BCUT2D eigenvalue weighted by molar-refractivity contribution is 5.89. The molecule has 0 amide bonds. The van der Waals surface area contributed by atoms with E-state index >= 15 is 0 Å². The van der Waals surface area contributed by atoms with Gasteiger partial charge in [0.25, 0.3) is 5.56 Å². The lowest BCUT2D eigenvalue weighted by Gasteiger charge is -2.19. The first-order valence-electron chi connectivity index (χ1n) is 10.2. The molecule has 0 fully saturated rings. The van der Waals surface area contributed by atoms with Gasteiger partial charge in [-0.05, 0) is 24.3 Å². The minimum Gasteiger partial charge on any atom is -0.458 e. The number of imidazole rings is 1. The van der Waals surface area contributed by atoms with E-state index in [1.54, 1.807) is 18.2 Å². The Balaban J connectivity index is 1.62. The Morgan fingerprint density at radius 1 is 0.971 bits per heavy atom. The summed E-state index contributed by atoms with van der Waals surface area (Å²) in [7, 11) is 2.86. The molecule has 0 aliphatic carbocycles. The Hall–Kier alpha value is -4.61. The van der Waals surface area contributed by atoms with Crippen molar-refractivity contribution in [2.45, 2.75) is 12.6 Å². The number of aryl methyl sites for hydroxylation is 1. The van der Waals surface area contributed by atoms with Gasteiger partial charge in [0, 0.05) is 38.9 Å². The van der Waals surface area contributed by atoms with Gasteiger partial charge in [0.2, 0.25) is 0 Å². The lowest BCUT2D eigenvalue weighted by molar-refractivity contribution is -0.00493. The van der Waals surface area contributed by atoms with E-state index in [2.05, 4.69) is 15.0 Å². The maximum absolute atomic E-state index is 12.7. The van der Waals surface area contributed by atoms with Crippen LogP contribution in [-0.2, 0) is 30.1 Å². The van der Waals surface area contributed by atoms with E-state index < -0.39 is 29.3 Å². The van der Waals surface area contributed by atoms with E-state index in [0.29, 0.717) is 0 Å². The fourth-order valence-electron chi connectivity index (χ4n) is 3.32. The summed E-state index contributed by atoms with van der Waals surface area (Å²) < 4.78 is 14.6. The van der Waals surface area contributed by atoms with Crippen molar-refractivity contribution in [3.8, 4) is 0 Å². The van der Waals surface area contributed by atoms with E-state index in [1.807, 2.05) is 0 Å². The molecule has 0 saturated heterocycles. The molecular weight excluding hydrogens is 444 g/mol. The van der Waals surface area contributed by atoms with Crippen LogP contribution in [0.1, 0.15) is 20.7 Å². The summed E-state index contributed by atoms with van der Waals surface area (Å²) in [6, 6.07) is 6.25. The number of esters is 2. The van der Waals surface area contributed by atoms with Gasteiger partial charge in [-0.3, -0.25) is 23.9 Å². The molecule has 174 valence electrons. The zero-order valence-electron chi connectivity index (χ0n) is 18.3. The van der Waals surface area contributed by atoms with Gasteiger partial charge in [0.1, 0.15) is 6.61 Å². The SMILES string of the molecule is Cn1c(=O)c2c(ncn2C[C@@H](COC(=O)c2cccnc2)OC(=O)c2cccnc2)n(C)c1=O. The fourth-order valence-corrected chi connectivity index (χ4v) is 3.32. The van der Waals surface area contributed by atoms with Gasteiger partial charge in [-0.25, -0.2) is 19.4 Å². The van der Waals surface area contributed by atoms with Crippen LogP contribution in [0.3, 0.4) is 0 Å². The zero-order valence-corrected chi connectivity index (χ0v) is 18.3. The molecule has 12 heteroatoms. The summed E-state index contributed by atoms with van der Waals surface area (Å²) >= 11 is 0. The van der Waals surface area contributed by atoms with Crippen molar-refractivity contribution in [1.29, 1.82) is 0 Å². The average molecular weight is 464 g/mol. The Morgan fingerprint density at radius 3 is 2.24 bits per heavy atom. The van der Waals surface area contributed by atoms with E-state index in [4.69, 9.17) is 9.47 Å². The molecular formula is C22H20N6O6. The number of fused-ring (bicyclic) bond motifs is 1. The summed E-state index contributed by atoms with van der Waals surface area (Å²) in [5, 5.41) is 0. The van der Waals surface area contributed by atoms with Crippen LogP contribution in [-0.4, -0.2) is 53.3 Å². The van der Waals surface area contributed by atoms with Crippen LogP contribution in [0, 0.1) is 0 Å². The minimum absolute atomic E-state index is 0.0593. The molecule has 0 unspecified atom stereocenters. The topological polar surface area (TPSA) is 140 Å². The summed E-state index contributed by atoms with van der Waals surface area (Å²) in [6.07, 6.45) is 6.12. The predicted octanol–water partition coefficient (Wildman–Crippen LogP) is 0.306. The molecule has 4 heterocycles. The maximum Gasteiger partial charge on any atom is 0.340 e. The number of aromatic nitrogens is 6. The molecule has 0 aliphatic heterocycles. The summed E-state index contributed by atoms with van der Waals surface area (Å²) in [5.74, 6) is -1.33. The molecule has 0 N–H and O–H groups in total. The van der Waals surface area contributed by atoms with Gasteiger partial charge in [-0.15, -0.1) is 0 Å². The van der Waals surface area contributed by atoms with Crippen LogP contribution in [0.15, 0.2) is 65.0 Å². The van der Waals surface area contributed by atoms with E-state index in [1.165, 1.54) is 60.4 Å². The highest BCUT2D eigenvalue weighted by Gasteiger charge is 2.22. The van der Waals surface area contributed by atoms with Crippen molar-refractivity contribution in [2.75, 3.05) is 6.61 Å². The van der Waals surface area contributed by atoms with Gasteiger partial charge in [-0.1, -0.05) is 0 Å². The molecule has 0 aliphatic rings. The van der Waals surface area contributed by atoms with Crippen LogP contribution >= 0.6 is 0 Å². The van der Waals surface area contributed by atoms with Gasteiger partial charge in [0.05, 0.1) is 24.0 Å². The van der Waals surface area contributed by atoms with E-state index in [0.717, 1.165) is 4.57 Å². The molecule has 4 rings (SSSR count). The first-order valence-corrected chi connectivity index (χ1v) is 10.2. The van der Waals surface area contributed by atoms with Crippen molar-refractivity contribution in [3.05, 3.63) is 87.3 Å². The number of hydrogen-bond donors (Lipinski definition) is 0. The number of carbonyl (C=O) groups is 2. The summed E-state index contributed by atoms with van der Waals surface area (Å²) in [5.41, 5.74) is -0.312. The molecule has 0 saturated carbocycles. The third-order valence-corrected chi connectivity index (χ3v) is 5.09. The van der Waals surface area contributed by atoms with Gasteiger partial charge >= 0.3 is 17.6 Å². The Morgan fingerprint density at radius 2 is 1.62 bits per heavy atom. The highest BCUT2D eigenvalue weighted by Crippen LogP contribution is 2.11. The molecule has 34 heavy (non-hydrogen) atoms. The molecule has 0 spiro atoms. The number of carbonyl (C=O) groups excluding carboxylic acids is 2. The van der Waals surface area contributed by atoms with Crippen LogP contribution in [0.5, 0.6) is 0 Å². The van der Waals surface area contributed by atoms with Gasteiger partial charge in [0.15, 0.2) is 17.3 Å². The highest BCUT2D eigenvalue weighted by atomic mass is 16.6. The maximum atomic E-state index is 12.7. The molecule has 1 atom stereocenters. The van der Waals surface area contributed by atoms with Crippen molar-refractivity contribution in [2.24, 2.45) is 14.1 Å². The number of hydrogen-bond acceptors (Lipinski definition) is 9. The summed E-state index contributed by atoms with van der Waals surface area (Å²) in [4.78, 5) is 61.9. The second-order valence-corrected chi connectivity index (χ2v) is 7.38. The first-order chi connectivity index (χ1) is 16.4. The van der Waals surface area contributed by atoms with Crippen molar-refractivity contribution in [3.63, 3.8) is 0 Å². The zero-order chi connectivity index (χ0) is 24.2. The van der Waals surface area contributed by atoms with Gasteiger partial charge in [-0.2, -0.15) is 0 Å². The van der Waals surface area contributed by atoms with Crippen LogP contribution in [0.4, 0.5) is 0 Å². The average Bonchev–Trinajstić information content (AvgIpc) is 3.29. The Bertz CT molecular complexity index is 1460. The Labute approximate surface area is 192 Å². The number of nitrogens with zero attached hydrogens (tertiary/aromatic N) is 6. The summed E-state index contributed by atoms with van der Waals surface area (Å²) in [6.45, 7) is -0.359. The quantitative estimate of drug-likeness (QED) is 0.353. The monoisotopic (exact) mass is 464 g/mol. The normalized spacial score (nSPS) is 11.8. The van der Waals surface area contributed by atoms with Crippen molar-refractivity contribution < 1.29 is 19.1 Å². The van der Waals surface area contributed by atoms with E-state index in [9.17, 15) is 19.2 Å². The number of rotatable bonds is 7. The molecule has 0 radical (unpaired) electrons. The van der Waals surface area contributed by atoms with Crippen molar-refractivity contribution in [1.82, 2.24) is 28.7 Å². The lowest BCUT2D eigenvalue weighted by atomic mass is 10.3. The van der Waals surface area contributed by atoms with Gasteiger partial charge < -0.3 is 14.0 Å². The standard InChI is InChI=1S/C22H20N6O6/c1-26-18-17(19(29)27(2)22(26)32)28(13-25-18)11-16(34-21(31)15-6-4-8-24-10-15)12-33-20(30)14-5-3-7-23-9-14/h3-10,13,16H,11-12H2,1-2H3/t16-/m0/s1. The molecule has 0 bridgehead atoms. The third-order valence-electron chi connectivity index (χ3n) is 5.09. The van der Waals surface area contributed by atoms with Crippen LogP contribution in [0.2, 0.25) is 0 Å². The van der Waals surface area contributed by atoms with Crippen LogP contribution < -0.4 is 11.2 Å². The first kappa shape index (κ1) is 22.6. The smallest absolute Gasteiger partial charge is 0.340 e. The molecule has 4 aromatic rings. The van der Waals surface area contributed by atoms with Crippen LogP contribution in [0.25, 0.3) is 11.2 Å². The minimum atomic E-state index is -0.979. The third kappa shape index (κ3) is 4.46. The van der Waals surface area contributed by atoms with E-state index in [-0.39, 0.29) is 35.4 Å². The molecule has 0 aromatic carbocycles. The fraction of sp³-hybridized carbons (Fsp3) is 0.227. The van der Waals surface area contributed by atoms with Crippen molar-refractivity contribution >= 4 is 23.1 Å². The predicted molar refractivity (Wildman–Crippen MR) is 118 cm³/mol. The number of pyridine rings is 2. The lowest BCUT2D eigenvalue weighted by Crippen LogP contribution is -2.38. The second kappa shape index (κ2) is 9.48. The number of ether oxygens (including phenoxy) is 2. The molecule has 12 nitrogen and oxygen atoms in total. The second-order valence-electron chi connectivity index (χ2n) is 7.38. The molecule has 4 aromatic heterocycles. The Kier molecular flexibility index (Phi) is 6.30. The largest absolute Gasteiger partial charge is 0.458 e.